The number of nitrogens with zero attached hydrogens (tertiary/aromatic N) is 3. The van der Waals surface area contributed by atoms with E-state index in [2.05, 4.69) is 26.6 Å². The summed E-state index contributed by atoms with van der Waals surface area (Å²) in [6, 6.07) is 11.4. The number of anilines is 1. The molecule has 8 heteroatoms. The van der Waals surface area contributed by atoms with Crippen LogP contribution in [0.5, 0.6) is 5.75 Å². The van der Waals surface area contributed by atoms with Crippen LogP contribution in [0, 0.1) is 0 Å². The molecular weight excluding hydrogens is 402 g/mol. The molecular formula is C22H30ClN5O2. The van der Waals surface area contributed by atoms with Crippen LogP contribution in [0.2, 0.25) is 5.02 Å². The number of pyridine rings is 1. The normalized spacial score (nSPS) is 15.6. The van der Waals surface area contributed by atoms with Crippen molar-refractivity contribution in [3.05, 3.63) is 53.2 Å². The van der Waals surface area contributed by atoms with Gasteiger partial charge in [0, 0.05) is 36.4 Å². The fourth-order valence-corrected chi connectivity index (χ4v) is 3.27. The molecule has 0 bridgehead atoms. The molecule has 1 aromatic carbocycles. The van der Waals surface area contributed by atoms with Gasteiger partial charge in [-0.1, -0.05) is 17.7 Å². The molecule has 7 nitrogen and oxygen atoms in total. The molecule has 0 amide bonds. The molecule has 1 unspecified atom stereocenters. The second-order valence-corrected chi connectivity index (χ2v) is 7.48. The molecule has 2 aromatic rings. The molecule has 3 rings (SSSR count). The van der Waals surface area contributed by atoms with Gasteiger partial charge in [0.25, 0.3) is 0 Å². The molecule has 1 atom stereocenters. The summed E-state index contributed by atoms with van der Waals surface area (Å²) < 4.78 is 11.4. The van der Waals surface area contributed by atoms with Crippen LogP contribution in [0.3, 0.4) is 0 Å². The number of aliphatic imine (C=N–C) groups is 1. The van der Waals surface area contributed by atoms with E-state index in [0.717, 1.165) is 55.9 Å². The Morgan fingerprint density at radius 2 is 2.00 bits per heavy atom. The molecule has 1 aliphatic heterocycles. The lowest BCUT2D eigenvalue weighted by atomic mass is 10.2. The Bertz CT molecular complexity index is 809. The van der Waals surface area contributed by atoms with Gasteiger partial charge in [-0.2, -0.15) is 0 Å². The quantitative estimate of drug-likeness (QED) is 0.494. The van der Waals surface area contributed by atoms with Crippen LogP contribution in [-0.4, -0.2) is 56.4 Å². The average Bonchev–Trinajstić information content (AvgIpc) is 2.78. The minimum absolute atomic E-state index is 0.0302. The summed E-state index contributed by atoms with van der Waals surface area (Å²) in [4.78, 5) is 11.6. The Balaban J connectivity index is 1.58. The van der Waals surface area contributed by atoms with E-state index in [4.69, 9.17) is 26.1 Å². The van der Waals surface area contributed by atoms with Crippen molar-refractivity contribution >= 4 is 23.4 Å². The van der Waals surface area contributed by atoms with Crippen LogP contribution in [0.25, 0.3) is 0 Å². The molecule has 1 aliphatic rings. The third-order valence-corrected chi connectivity index (χ3v) is 4.89. The summed E-state index contributed by atoms with van der Waals surface area (Å²) in [6.45, 7) is 9.18. The minimum atomic E-state index is -0.0302. The van der Waals surface area contributed by atoms with E-state index in [-0.39, 0.29) is 6.10 Å². The molecule has 2 heterocycles. The zero-order chi connectivity index (χ0) is 21.2. The largest absolute Gasteiger partial charge is 0.489 e. The van der Waals surface area contributed by atoms with Gasteiger partial charge in [-0.15, -0.1) is 0 Å². The number of halogens is 1. The molecule has 0 spiro atoms. The van der Waals surface area contributed by atoms with Crippen LogP contribution < -0.4 is 20.3 Å². The maximum atomic E-state index is 5.93. The van der Waals surface area contributed by atoms with Crippen LogP contribution in [-0.2, 0) is 11.3 Å². The van der Waals surface area contributed by atoms with E-state index in [1.165, 1.54) is 0 Å². The topological polar surface area (TPSA) is 71.0 Å². The Morgan fingerprint density at radius 1 is 1.23 bits per heavy atom. The Labute approximate surface area is 183 Å². The molecule has 1 fully saturated rings. The van der Waals surface area contributed by atoms with Crippen LogP contribution in [0.1, 0.15) is 19.4 Å². The highest BCUT2D eigenvalue weighted by Crippen LogP contribution is 2.19. The lowest BCUT2D eigenvalue weighted by Gasteiger charge is -2.29. The van der Waals surface area contributed by atoms with Crippen molar-refractivity contribution in [2.75, 3.05) is 44.3 Å². The van der Waals surface area contributed by atoms with Crippen LogP contribution >= 0.6 is 11.6 Å². The Hall–Kier alpha value is -2.51. The van der Waals surface area contributed by atoms with E-state index < -0.39 is 0 Å². The Kier molecular flexibility index (Phi) is 8.59. The van der Waals surface area contributed by atoms with E-state index in [0.29, 0.717) is 18.1 Å². The maximum absolute atomic E-state index is 5.93. The summed E-state index contributed by atoms with van der Waals surface area (Å²) in [7, 11) is 0. The van der Waals surface area contributed by atoms with Gasteiger partial charge in [-0.05, 0) is 44.2 Å². The molecule has 0 radical (unpaired) electrons. The lowest BCUT2D eigenvalue weighted by Crippen LogP contribution is -2.41. The van der Waals surface area contributed by atoms with Gasteiger partial charge in [0.15, 0.2) is 5.96 Å². The smallest absolute Gasteiger partial charge is 0.191 e. The fraction of sp³-hybridized carbons (Fsp3) is 0.455. The molecule has 0 saturated carbocycles. The molecule has 162 valence electrons. The fourth-order valence-electron chi connectivity index (χ4n) is 3.15. The number of morpholine rings is 1. The number of hydrogen-bond donors (Lipinski definition) is 2. The second-order valence-electron chi connectivity index (χ2n) is 7.04. The number of guanidine groups is 1. The van der Waals surface area contributed by atoms with Crippen LogP contribution in [0.15, 0.2) is 47.6 Å². The number of nitrogens with one attached hydrogen (secondary N) is 2. The molecule has 1 saturated heterocycles. The van der Waals surface area contributed by atoms with Crippen molar-refractivity contribution in [1.29, 1.82) is 0 Å². The highest BCUT2D eigenvalue weighted by atomic mass is 35.5. The third-order valence-electron chi connectivity index (χ3n) is 4.64. The van der Waals surface area contributed by atoms with Gasteiger partial charge in [0.2, 0.25) is 0 Å². The summed E-state index contributed by atoms with van der Waals surface area (Å²) >= 11 is 5.93. The first-order valence-electron chi connectivity index (χ1n) is 10.4. The third kappa shape index (κ3) is 6.78. The van der Waals surface area contributed by atoms with Gasteiger partial charge in [0.05, 0.1) is 26.3 Å². The second kappa shape index (κ2) is 11.6. The average molecular weight is 432 g/mol. The van der Waals surface area contributed by atoms with Gasteiger partial charge in [-0.25, -0.2) is 9.98 Å². The van der Waals surface area contributed by atoms with Gasteiger partial charge in [-0.3, -0.25) is 0 Å². The molecule has 1 aromatic heterocycles. The highest BCUT2D eigenvalue weighted by Gasteiger charge is 2.15. The van der Waals surface area contributed by atoms with Gasteiger partial charge < -0.3 is 25.0 Å². The van der Waals surface area contributed by atoms with Gasteiger partial charge in [0.1, 0.15) is 17.7 Å². The zero-order valence-corrected chi connectivity index (χ0v) is 18.4. The van der Waals surface area contributed by atoms with Crippen molar-refractivity contribution < 1.29 is 9.47 Å². The maximum Gasteiger partial charge on any atom is 0.191 e. The lowest BCUT2D eigenvalue weighted by molar-refractivity contribution is 0.122. The first-order valence-corrected chi connectivity index (χ1v) is 10.7. The summed E-state index contributed by atoms with van der Waals surface area (Å²) in [6.07, 6.45) is 1.80. The summed E-state index contributed by atoms with van der Waals surface area (Å²) in [5.41, 5.74) is 1.10. The SMILES string of the molecule is CCNC(=NCc1cccnc1N1CCOCC1)NCC(C)Oc1ccc(Cl)cc1. The molecule has 2 N–H and O–H groups in total. The Morgan fingerprint density at radius 3 is 2.73 bits per heavy atom. The number of hydrogen-bond acceptors (Lipinski definition) is 5. The highest BCUT2D eigenvalue weighted by molar-refractivity contribution is 6.30. The predicted molar refractivity (Wildman–Crippen MR) is 122 cm³/mol. The number of aromatic nitrogens is 1. The number of ether oxygens (including phenoxy) is 2. The van der Waals surface area contributed by atoms with Crippen LogP contribution in [0.4, 0.5) is 5.82 Å². The van der Waals surface area contributed by atoms with E-state index >= 15 is 0 Å². The van der Waals surface area contributed by atoms with E-state index in [9.17, 15) is 0 Å². The zero-order valence-electron chi connectivity index (χ0n) is 17.6. The molecule has 30 heavy (non-hydrogen) atoms. The van der Waals surface area contributed by atoms with Crippen molar-refractivity contribution in [3.63, 3.8) is 0 Å². The van der Waals surface area contributed by atoms with E-state index in [1.54, 1.807) is 0 Å². The summed E-state index contributed by atoms with van der Waals surface area (Å²) in [5.74, 6) is 2.53. The monoisotopic (exact) mass is 431 g/mol. The summed E-state index contributed by atoms with van der Waals surface area (Å²) in [5, 5.41) is 7.34. The number of benzene rings is 1. The number of rotatable bonds is 8. The van der Waals surface area contributed by atoms with E-state index in [1.807, 2.05) is 50.4 Å². The minimum Gasteiger partial charge on any atom is -0.489 e. The van der Waals surface area contributed by atoms with Crippen molar-refractivity contribution in [2.24, 2.45) is 4.99 Å². The molecule has 0 aliphatic carbocycles. The van der Waals surface area contributed by atoms with Crippen molar-refractivity contribution in [2.45, 2.75) is 26.5 Å². The first kappa shape index (κ1) is 22.2. The van der Waals surface area contributed by atoms with Crippen molar-refractivity contribution in [3.8, 4) is 5.75 Å². The van der Waals surface area contributed by atoms with Gasteiger partial charge >= 0.3 is 0 Å². The predicted octanol–water partition coefficient (Wildman–Crippen LogP) is 3.09. The first-order chi connectivity index (χ1) is 14.7. The van der Waals surface area contributed by atoms with Crippen molar-refractivity contribution in [1.82, 2.24) is 15.6 Å². The standard InChI is InChI=1S/C22H30ClN5O2/c1-3-24-22(26-15-17(2)30-20-8-6-19(23)7-9-20)27-16-18-5-4-10-25-21(18)28-11-13-29-14-12-28/h4-10,17H,3,11-16H2,1-2H3,(H2,24,26,27).